The second-order valence-corrected chi connectivity index (χ2v) is 5.10. The van der Waals surface area contributed by atoms with Crippen LogP contribution in [0.2, 0.25) is 0 Å². The summed E-state index contributed by atoms with van der Waals surface area (Å²) in [6.07, 6.45) is 0. The van der Waals surface area contributed by atoms with Crippen molar-refractivity contribution in [2.75, 3.05) is 5.32 Å². The first-order chi connectivity index (χ1) is 10.2. The zero-order valence-electron chi connectivity index (χ0n) is 11.7. The van der Waals surface area contributed by atoms with Gasteiger partial charge in [0.1, 0.15) is 11.5 Å². The standard InChI is InChI=1S/C18H17NO2/c1-12(18-16(20)10-5-11-17(18)21)19-15-9-4-7-13-6-2-3-8-14(13)15/h2-12,19-21H,1H3. The van der Waals surface area contributed by atoms with Gasteiger partial charge in [0.25, 0.3) is 0 Å². The summed E-state index contributed by atoms with van der Waals surface area (Å²) in [5, 5.41) is 25.5. The SMILES string of the molecule is CC(Nc1cccc2ccccc12)c1c(O)cccc1O. The molecule has 1 atom stereocenters. The molecule has 3 nitrogen and oxygen atoms in total. The average Bonchev–Trinajstić information content (AvgIpc) is 2.47. The van der Waals surface area contributed by atoms with E-state index < -0.39 is 0 Å². The second-order valence-electron chi connectivity index (χ2n) is 5.10. The Hall–Kier alpha value is -2.68. The number of fused-ring (bicyclic) bond motifs is 1. The largest absolute Gasteiger partial charge is 0.507 e. The lowest BCUT2D eigenvalue weighted by atomic mass is 10.0. The summed E-state index contributed by atoms with van der Waals surface area (Å²) in [6.45, 7) is 1.91. The third-order valence-electron chi connectivity index (χ3n) is 3.65. The van der Waals surface area contributed by atoms with Crippen LogP contribution in [0.3, 0.4) is 0 Å². The van der Waals surface area contributed by atoms with Gasteiger partial charge in [0.15, 0.2) is 0 Å². The van der Waals surface area contributed by atoms with Crippen LogP contribution in [0.5, 0.6) is 11.5 Å². The number of benzene rings is 3. The predicted molar refractivity (Wildman–Crippen MR) is 85.8 cm³/mol. The Labute approximate surface area is 123 Å². The third kappa shape index (κ3) is 2.50. The van der Waals surface area contributed by atoms with Crippen LogP contribution < -0.4 is 5.32 Å². The van der Waals surface area contributed by atoms with Gasteiger partial charge >= 0.3 is 0 Å². The molecule has 0 aliphatic heterocycles. The molecule has 21 heavy (non-hydrogen) atoms. The highest BCUT2D eigenvalue weighted by Crippen LogP contribution is 2.35. The molecular weight excluding hydrogens is 262 g/mol. The van der Waals surface area contributed by atoms with Gasteiger partial charge in [-0.25, -0.2) is 0 Å². The van der Waals surface area contributed by atoms with E-state index in [1.807, 2.05) is 31.2 Å². The van der Waals surface area contributed by atoms with Gasteiger partial charge < -0.3 is 15.5 Å². The summed E-state index contributed by atoms with van der Waals surface area (Å²) in [5.74, 6) is 0.186. The van der Waals surface area contributed by atoms with Crippen molar-refractivity contribution < 1.29 is 10.2 Å². The maximum Gasteiger partial charge on any atom is 0.124 e. The highest BCUT2D eigenvalue weighted by molar-refractivity contribution is 5.93. The van der Waals surface area contributed by atoms with Gasteiger partial charge in [-0.15, -0.1) is 0 Å². The number of phenolic OH excluding ortho intramolecular Hbond substituents is 2. The summed E-state index contributed by atoms with van der Waals surface area (Å²) in [7, 11) is 0. The maximum atomic E-state index is 9.95. The molecule has 0 spiro atoms. The Balaban J connectivity index is 1.99. The first-order valence-corrected chi connectivity index (χ1v) is 6.92. The van der Waals surface area contributed by atoms with Gasteiger partial charge in [-0.1, -0.05) is 42.5 Å². The van der Waals surface area contributed by atoms with Crippen LogP contribution in [0.4, 0.5) is 5.69 Å². The van der Waals surface area contributed by atoms with E-state index in [2.05, 4.69) is 23.5 Å². The molecule has 0 bridgehead atoms. The first-order valence-electron chi connectivity index (χ1n) is 6.92. The molecule has 0 aliphatic carbocycles. The van der Waals surface area contributed by atoms with Gasteiger partial charge in [-0.05, 0) is 30.5 Å². The zero-order valence-corrected chi connectivity index (χ0v) is 11.7. The van der Waals surface area contributed by atoms with Crippen molar-refractivity contribution in [2.24, 2.45) is 0 Å². The van der Waals surface area contributed by atoms with Crippen molar-refractivity contribution in [3.05, 3.63) is 66.2 Å². The lowest BCUT2D eigenvalue weighted by Gasteiger charge is -2.19. The van der Waals surface area contributed by atoms with Crippen LogP contribution in [0.15, 0.2) is 60.7 Å². The summed E-state index contributed by atoms with van der Waals surface area (Å²) in [5.41, 5.74) is 1.48. The minimum absolute atomic E-state index is 0.0928. The Bertz CT molecular complexity index is 758. The van der Waals surface area contributed by atoms with Crippen LogP contribution in [0, 0.1) is 0 Å². The van der Waals surface area contributed by atoms with Crippen LogP contribution in [-0.2, 0) is 0 Å². The van der Waals surface area contributed by atoms with Gasteiger partial charge in [0.05, 0.1) is 11.6 Å². The van der Waals surface area contributed by atoms with E-state index in [0.29, 0.717) is 5.56 Å². The molecular formula is C18H17NO2. The fourth-order valence-corrected chi connectivity index (χ4v) is 2.64. The molecule has 0 aliphatic rings. The topological polar surface area (TPSA) is 52.5 Å². The molecule has 1 unspecified atom stereocenters. The van der Waals surface area contributed by atoms with Crippen molar-refractivity contribution in [1.82, 2.24) is 0 Å². The smallest absolute Gasteiger partial charge is 0.124 e. The zero-order chi connectivity index (χ0) is 14.8. The predicted octanol–water partition coefficient (Wildman–Crippen LogP) is 4.42. The first kappa shape index (κ1) is 13.3. The van der Waals surface area contributed by atoms with Gasteiger partial charge in [0, 0.05) is 11.1 Å². The number of aromatic hydroxyl groups is 2. The Morgan fingerprint density at radius 2 is 1.43 bits per heavy atom. The van der Waals surface area contributed by atoms with E-state index in [4.69, 9.17) is 0 Å². The van der Waals surface area contributed by atoms with Crippen molar-refractivity contribution >= 4 is 16.5 Å². The second kappa shape index (κ2) is 5.37. The molecule has 0 aromatic heterocycles. The Morgan fingerprint density at radius 3 is 2.19 bits per heavy atom. The monoisotopic (exact) mass is 279 g/mol. The average molecular weight is 279 g/mol. The lowest BCUT2D eigenvalue weighted by molar-refractivity contribution is 0.434. The summed E-state index contributed by atoms with van der Waals surface area (Å²) in [4.78, 5) is 0. The summed E-state index contributed by atoms with van der Waals surface area (Å²) >= 11 is 0. The van der Waals surface area contributed by atoms with Crippen molar-refractivity contribution in [1.29, 1.82) is 0 Å². The third-order valence-corrected chi connectivity index (χ3v) is 3.65. The molecule has 3 rings (SSSR count). The number of nitrogens with one attached hydrogen (secondary N) is 1. The molecule has 0 radical (unpaired) electrons. The lowest BCUT2D eigenvalue weighted by Crippen LogP contribution is -2.07. The summed E-state index contributed by atoms with van der Waals surface area (Å²) in [6, 6.07) is 18.7. The van der Waals surface area contributed by atoms with Crippen LogP contribution in [-0.4, -0.2) is 10.2 Å². The Morgan fingerprint density at radius 1 is 0.810 bits per heavy atom. The number of rotatable bonds is 3. The minimum atomic E-state index is -0.211. The van der Waals surface area contributed by atoms with E-state index in [0.717, 1.165) is 16.5 Å². The molecule has 3 N–H and O–H groups in total. The molecule has 0 saturated carbocycles. The molecule has 3 heteroatoms. The van der Waals surface area contributed by atoms with E-state index in [-0.39, 0.29) is 17.5 Å². The number of hydrogen-bond donors (Lipinski definition) is 3. The molecule has 0 saturated heterocycles. The summed E-state index contributed by atoms with van der Waals surface area (Å²) < 4.78 is 0. The van der Waals surface area contributed by atoms with Crippen LogP contribution in [0.25, 0.3) is 10.8 Å². The number of anilines is 1. The Kier molecular flexibility index (Phi) is 3.40. The van der Waals surface area contributed by atoms with Gasteiger partial charge in [-0.3, -0.25) is 0 Å². The highest BCUT2D eigenvalue weighted by Gasteiger charge is 2.15. The van der Waals surface area contributed by atoms with Gasteiger partial charge in [0.2, 0.25) is 0 Å². The molecule has 3 aromatic carbocycles. The van der Waals surface area contributed by atoms with E-state index in [9.17, 15) is 10.2 Å². The van der Waals surface area contributed by atoms with E-state index in [1.54, 1.807) is 18.2 Å². The van der Waals surface area contributed by atoms with Crippen molar-refractivity contribution in [3.63, 3.8) is 0 Å². The van der Waals surface area contributed by atoms with Crippen molar-refractivity contribution in [2.45, 2.75) is 13.0 Å². The molecule has 0 fully saturated rings. The number of phenols is 2. The van der Waals surface area contributed by atoms with Crippen LogP contribution in [0.1, 0.15) is 18.5 Å². The highest BCUT2D eigenvalue weighted by atomic mass is 16.3. The molecule has 0 heterocycles. The quantitative estimate of drug-likeness (QED) is 0.665. The van der Waals surface area contributed by atoms with E-state index in [1.165, 1.54) is 0 Å². The van der Waals surface area contributed by atoms with Crippen molar-refractivity contribution in [3.8, 4) is 11.5 Å². The minimum Gasteiger partial charge on any atom is -0.507 e. The molecule has 0 amide bonds. The van der Waals surface area contributed by atoms with Gasteiger partial charge in [-0.2, -0.15) is 0 Å². The fourth-order valence-electron chi connectivity index (χ4n) is 2.64. The van der Waals surface area contributed by atoms with Crippen LogP contribution >= 0.6 is 0 Å². The maximum absolute atomic E-state index is 9.95. The number of hydrogen-bond acceptors (Lipinski definition) is 3. The molecule has 106 valence electrons. The molecule has 3 aromatic rings. The van der Waals surface area contributed by atoms with E-state index >= 15 is 0 Å². The normalized spacial score (nSPS) is 12.2. The fraction of sp³-hybridized carbons (Fsp3) is 0.111.